The molecule has 1 amide bonds. The smallest absolute Gasteiger partial charge is 0.253 e. The van der Waals surface area contributed by atoms with Crippen molar-refractivity contribution >= 4 is 22.5 Å². The topological polar surface area (TPSA) is 70.9 Å². The fraction of sp³-hybridized carbons (Fsp3) is 0.267. The number of hydrogen-bond donors (Lipinski definition) is 3. The molecule has 0 bridgehead atoms. The van der Waals surface area contributed by atoms with Crippen molar-refractivity contribution in [3.8, 4) is 0 Å². The van der Waals surface area contributed by atoms with Crippen molar-refractivity contribution in [2.24, 2.45) is 0 Å². The van der Waals surface area contributed by atoms with Crippen LogP contribution in [0.15, 0.2) is 36.5 Å². The molecule has 0 fully saturated rings. The average molecular weight is 255 g/mol. The number of carbonyl (C=O) groups excluding carboxylic acids is 1. The molecular formula is C15H17N3O. The number of allylic oxidation sites excluding steroid dienone is 1. The summed E-state index contributed by atoms with van der Waals surface area (Å²) < 4.78 is 0. The standard InChI is InChI=1S/C15H17N3O/c16-10-6-7-14-12(8-10)13(9-17-14)15(19)18-11-4-2-1-3-5-11/h1-2,6-9,11,17H,3-5,16H2,(H,18,19). The Kier molecular flexibility index (Phi) is 2.99. The van der Waals surface area contributed by atoms with E-state index in [1.807, 2.05) is 18.2 Å². The summed E-state index contributed by atoms with van der Waals surface area (Å²) in [6.45, 7) is 0. The highest BCUT2D eigenvalue weighted by Gasteiger charge is 2.17. The van der Waals surface area contributed by atoms with Crippen molar-refractivity contribution < 1.29 is 4.79 Å². The third kappa shape index (κ3) is 2.34. The zero-order chi connectivity index (χ0) is 13.2. The molecule has 19 heavy (non-hydrogen) atoms. The van der Waals surface area contributed by atoms with E-state index >= 15 is 0 Å². The van der Waals surface area contributed by atoms with Gasteiger partial charge in [0.1, 0.15) is 0 Å². The van der Waals surface area contributed by atoms with Gasteiger partial charge in [0.2, 0.25) is 0 Å². The molecule has 98 valence electrons. The SMILES string of the molecule is Nc1ccc2[nH]cc(C(=O)NC3CC=CCC3)c2c1. The molecule has 2 aromatic rings. The van der Waals surface area contributed by atoms with E-state index in [-0.39, 0.29) is 11.9 Å². The zero-order valence-electron chi connectivity index (χ0n) is 10.6. The summed E-state index contributed by atoms with van der Waals surface area (Å²) in [6.07, 6.45) is 8.99. The summed E-state index contributed by atoms with van der Waals surface area (Å²) in [5, 5.41) is 3.96. The molecular weight excluding hydrogens is 238 g/mol. The monoisotopic (exact) mass is 255 g/mol. The van der Waals surface area contributed by atoms with Crippen LogP contribution in [0.5, 0.6) is 0 Å². The van der Waals surface area contributed by atoms with E-state index in [0.29, 0.717) is 11.3 Å². The molecule has 1 unspecified atom stereocenters. The van der Waals surface area contributed by atoms with E-state index < -0.39 is 0 Å². The molecule has 1 atom stereocenters. The molecule has 4 N–H and O–H groups in total. The van der Waals surface area contributed by atoms with E-state index in [2.05, 4.69) is 22.5 Å². The number of benzene rings is 1. The maximum atomic E-state index is 12.3. The highest BCUT2D eigenvalue weighted by atomic mass is 16.1. The molecule has 4 heteroatoms. The minimum atomic E-state index is -0.0304. The van der Waals surface area contributed by atoms with E-state index in [1.54, 1.807) is 6.20 Å². The molecule has 0 saturated heterocycles. The first-order chi connectivity index (χ1) is 9.24. The third-order valence-electron chi connectivity index (χ3n) is 3.55. The Morgan fingerprint density at radius 2 is 2.26 bits per heavy atom. The van der Waals surface area contributed by atoms with Gasteiger partial charge in [-0.1, -0.05) is 12.2 Å². The quantitative estimate of drug-likeness (QED) is 0.570. The summed E-state index contributed by atoms with van der Waals surface area (Å²) in [7, 11) is 0. The maximum Gasteiger partial charge on any atom is 0.253 e. The van der Waals surface area contributed by atoms with E-state index in [0.717, 1.165) is 30.2 Å². The van der Waals surface area contributed by atoms with Crippen molar-refractivity contribution in [2.45, 2.75) is 25.3 Å². The number of nitrogens with one attached hydrogen (secondary N) is 2. The van der Waals surface area contributed by atoms with Gasteiger partial charge in [0.05, 0.1) is 5.56 Å². The van der Waals surface area contributed by atoms with E-state index in [1.165, 1.54) is 0 Å². The van der Waals surface area contributed by atoms with Gasteiger partial charge < -0.3 is 16.0 Å². The summed E-state index contributed by atoms with van der Waals surface area (Å²) in [6, 6.07) is 5.79. The van der Waals surface area contributed by atoms with Crippen LogP contribution in [0.1, 0.15) is 29.6 Å². The number of carbonyl (C=O) groups is 1. The Balaban J connectivity index is 1.85. The van der Waals surface area contributed by atoms with Gasteiger partial charge in [0, 0.05) is 28.8 Å². The first-order valence-corrected chi connectivity index (χ1v) is 6.56. The number of hydrogen-bond acceptors (Lipinski definition) is 2. The summed E-state index contributed by atoms with van der Waals surface area (Å²) >= 11 is 0. The first kappa shape index (κ1) is 11.8. The molecule has 4 nitrogen and oxygen atoms in total. The first-order valence-electron chi connectivity index (χ1n) is 6.56. The van der Waals surface area contributed by atoms with Crippen LogP contribution in [0.25, 0.3) is 10.9 Å². The number of aromatic amines is 1. The van der Waals surface area contributed by atoms with Gasteiger partial charge in [0.25, 0.3) is 5.91 Å². The zero-order valence-corrected chi connectivity index (χ0v) is 10.6. The van der Waals surface area contributed by atoms with Gasteiger partial charge >= 0.3 is 0 Å². The molecule has 0 spiro atoms. The summed E-state index contributed by atoms with van der Waals surface area (Å²) in [5.74, 6) is -0.0304. The number of rotatable bonds is 2. The van der Waals surface area contributed by atoms with Crippen molar-refractivity contribution in [2.75, 3.05) is 5.73 Å². The number of amides is 1. The van der Waals surface area contributed by atoms with Gasteiger partial charge in [-0.25, -0.2) is 0 Å². The Morgan fingerprint density at radius 3 is 3.05 bits per heavy atom. The third-order valence-corrected chi connectivity index (χ3v) is 3.55. The van der Waals surface area contributed by atoms with Gasteiger partial charge in [0.15, 0.2) is 0 Å². The van der Waals surface area contributed by atoms with Crippen LogP contribution in [-0.4, -0.2) is 16.9 Å². The Labute approximate surface area is 111 Å². The van der Waals surface area contributed by atoms with Crippen LogP contribution < -0.4 is 11.1 Å². The Bertz CT molecular complexity index is 642. The van der Waals surface area contributed by atoms with Crippen LogP contribution in [0.4, 0.5) is 5.69 Å². The number of nitrogen functional groups attached to an aromatic ring is 1. The number of aromatic nitrogens is 1. The summed E-state index contributed by atoms with van der Waals surface area (Å²) in [5.41, 5.74) is 8.05. The molecule has 0 radical (unpaired) electrons. The van der Waals surface area contributed by atoms with Crippen LogP contribution in [0.3, 0.4) is 0 Å². The molecule has 0 aliphatic heterocycles. The van der Waals surface area contributed by atoms with Crippen LogP contribution in [0, 0.1) is 0 Å². The largest absolute Gasteiger partial charge is 0.399 e. The van der Waals surface area contributed by atoms with Crippen molar-refractivity contribution in [3.05, 3.63) is 42.1 Å². The molecule has 0 saturated carbocycles. The number of anilines is 1. The fourth-order valence-corrected chi connectivity index (χ4v) is 2.51. The number of H-pyrrole nitrogens is 1. The lowest BCUT2D eigenvalue weighted by Gasteiger charge is -2.19. The lowest BCUT2D eigenvalue weighted by molar-refractivity contribution is 0.0936. The average Bonchev–Trinajstić information content (AvgIpc) is 2.82. The van der Waals surface area contributed by atoms with Crippen molar-refractivity contribution in [1.82, 2.24) is 10.3 Å². The lowest BCUT2D eigenvalue weighted by Crippen LogP contribution is -2.35. The fourth-order valence-electron chi connectivity index (χ4n) is 2.51. The molecule has 1 aliphatic carbocycles. The second-order valence-corrected chi connectivity index (χ2v) is 4.96. The Hall–Kier alpha value is -2.23. The summed E-state index contributed by atoms with van der Waals surface area (Å²) in [4.78, 5) is 15.4. The molecule has 3 rings (SSSR count). The highest BCUT2D eigenvalue weighted by molar-refractivity contribution is 6.07. The second kappa shape index (κ2) is 4.80. The van der Waals surface area contributed by atoms with Crippen LogP contribution >= 0.6 is 0 Å². The minimum Gasteiger partial charge on any atom is -0.399 e. The number of fused-ring (bicyclic) bond motifs is 1. The normalized spacial score (nSPS) is 18.6. The minimum absolute atomic E-state index is 0.0304. The van der Waals surface area contributed by atoms with Crippen LogP contribution in [-0.2, 0) is 0 Å². The van der Waals surface area contributed by atoms with Gasteiger partial charge in [-0.15, -0.1) is 0 Å². The van der Waals surface area contributed by atoms with Gasteiger partial charge in [-0.2, -0.15) is 0 Å². The molecule has 1 aromatic carbocycles. The molecule has 1 aliphatic rings. The van der Waals surface area contributed by atoms with Gasteiger partial charge in [-0.3, -0.25) is 4.79 Å². The lowest BCUT2D eigenvalue weighted by atomic mass is 10.0. The van der Waals surface area contributed by atoms with E-state index in [4.69, 9.17) is 5.73 Å². The highest BCUT2D eigenvalue weighted by Crippen LogP contribution is 2.21. The second-order valence-electron chi connectivity index (χ2n) is 4.96. The Morgan fingerprint density at radius 1 is 1.37 bits per heavy atom. The van der Waals surface area contributed by atoms with Crippen LogP contribution in [0.2, 0.25) is 0 Å². The molecule has 1 heterocycles. The maximum absolute atomic E-state index is 12.3. The predicted molar refractivity (Wildman–Crippen MR) is 77.0 cm³/mol. The predicted octanol–water partition coefficient (Wildman–Crippen LogP) is 2.59. The molecule has 1 aromatic heterocycles. The number of nitrogens with two attached hydrogens (primary N) is 1. The van der Waals surface area contributed by atoms with Crippen molar-refractivity contribution in [3.63, 3.8) is 0 Å². The van der Waals surface area contributed by atoms with Crippen molar-refractivity contribution in [1.29, 1.82) is 0 Å². The van der Waals surface area contributed by atoms with E-state index in [9.17, 15) is 4.79 Å². The van der Waals surface area contributed by atoms with Gasteiger partial charge in [-0.05, 0) is 37.5 Å².